The first-order valence-electron chi connectivity index (χ1n) is 8.03. The average molecular weight is 345 g/mol. The molecule has 0 aliphatic carbocycles. The lowest BCUT2D eigenvalue weighted by Gasteiger charge is -2.38. The third-order valence-electron chi connectivity index (χ3n) is 4.87. The number of hydrogen-bond donors (Lipinski definition) is 0. The Balaban J connectivity index is 1.78. The quantitative estimate of drug-likeness (QED) is 0.795. The lowest BCUT2D eigenvalue weighted by molar-refractivity contribution is 0.249. The summed E-state index contributed by atoms with van der Waals surface area (Å²) in [7, 11) is -2.54. The fourth-order valence-corrected chi connectivity index (χ4v) is 4.27. The lowest BCUT2D eigenvalue weighted by Crippen LogP contribution is -2.35. The van der Waals surface area contributed by atoms with Crippen molar-refractivity contribution in [1.29, 1.82) is 0 Å². The summed E-state index contributed by atoms with van der Waals surface area (Å²) in [6.07, 6.45) is 6.14. The highest BCUT2D eigenvalue weighted by atomic mass is 32.2. The molecule has 1 fully saturated rings. The van der Waals surface area contributed by atoms with Crippen LogP contribution in [0.3, 0.4) is 0 Å². The molecule has 0 saturated carbocycles. The van der Waals surface area contributed by atoms with Crippen molar-refractivity contribution in [2.24, 2.45) is 5.92 Å². The molecule has 0 spiro atoms. The Kier molecular flexibility index (Phi) is 3.73. The van der Waals surface area contributed by atoms with E-state index in [0.29, 0.717) is 5.92 Å². The van der Waals surface area contributed by atoms with Crippen LogP contribution in [-0.4, -0.2) is 33.5 Å². The molecule has 126 valence electrons. The summed E-state index contributed by atoms with van der Waals surface area (Å²) in [6, 6.07) is 8.69. The molecule has 1 aromatic carbocycles. The number of benzene rings is 1. The fraction of sp³-hybridized carbons (Fsp3) is 0.333. The van der Waals surface area contributed by atoms with E-state index in [2.05, 4.69) is 15.3 Å². The normalized spacial score (nSPS) is 18.0. The molecule has 1 saturated heterocycles. The van der Waals surface area contributed by atoms with Gasteiger partial charge in [0, 0.05) is 30.4 Å². The van der Waals surface area contributed by atoms with Gasteiger partial charge in [0.15, 0.2) is 0 Å². The number of piperidine rings is 1. The van der Waals surface area contributed by atoms with E-state index in [1.54, 1.807) is 18.4 Å². The SMILES string of the molecule is COS(=O)(=O)c1cccc(-c2ccoc2C2=CN3CCC2CC3)c1. The van der Waals surface area contributed by atoms with Crippen LogP contribution in [0, 0.1) is 5.92 Å². The average Bonchev–Trinajstić information content (AvgIpc) is 3.12. The standard InChI is InChI=1S/C18H19NO4S/c1-22-24(20,21)15-4-2-3-14(11-15)16-7-10-23-18(16)17-12-19-8-5-13(17)6-9-19/h2-4,7,10-13H,5-6,8-9H2,1H3. The van der Waals surface area contributed by atoms with E-state index in [1.807, 2.05) is 12.1 Å². The van der Waals surface area contributed by atoms with Gasteiger partial charge in [-0.05, 0) is 42.5 Å². The van der Waals surface area contributed by atoms with E-state index in [0.717, 1.165) is 42.8 Å². The Morgan fingerprint density at radius 2 is 2.00 bits per heavy atom. The van der Waals surface area contributed by atoms with Crippen molar-refractivity contribution in [1.82, 2.24) is 4.90 Å². The zero-order valence-corrected chi connectivity index (χ0v) is 14.3. The summed E-state index contributed by atoms with van der Waals surface area (Å²) in [5, 5.41) is 0. The zero-order valence-electron chi connectivity index (χ0n) is 13.4. The summed E-state index contributed by atoms with van der Waals surface area (Å²) >= 11 is 0. The number of hydrogen-bond acceptors (Lipinski definition) is 5. The van der Waals surface area contributed by atoms with Crippen LogP contribution in [-0.2, 0) is 14.3 Å². The third kappa shape index (κ3) is 2.56. The van der Waals surface area contributed by atoms with E-state index in [9.17, 15) is 8.42 Å². The van der Waals surface area contributed by atoms with E-state index < -0.39 is 10.1 Å². The smallest absolute Gasteiger partial charge is 0.296 e. The molecular weight excluding hydrogens is 326 g/mol. The predicted octanol–water partition coefficient (Wildman–Crippen LogP) is 3.35. The maximum Gasteiger partial charge on any atom is 0.296 e. The fourth-order valence-electron chi connectivity index (χ4n) is 3.56. The van der Waals surface area contributed by atoms with Crippen LogP contribution >= 0.6 is 0 Å². The molecule has 0 atom stereocenters. The Morgan fingerprint density at radius 3 is 2.67 bits per heavy atom. The maximum atomic E-state index is 11.9. The molecule has 24 heavy (non-hydrogen) atoms. The van der Waals surface area contributed by atoms with Crippen molar-refractivity contribution in [3.63, 3.8) is 0 Å². The molecule has 5 nitrogen and oxygen atoms in total. The van der Waals surface area contributed by atoms with Crippen molar-refractivity contribution in [2.45, 2.75) is 17.7 Å². The zero-order chi connectivity index (χ0) is 16.7. The van der Waals surface area contributed by atoms with E-state index in [4.69, 9.17) is 4.42 Å². The molecule has 3 aliphatic heterocycles. The first kappa shape index (κ1) is 15.5. The third-order valence-corrected chi connectivity index (χ3v) is 6.14. The molecule has 4 heterocycles. The highest BCUT2D eigenvalue weighted by Crippen LogP contribution is 2.41. The Morgan fingerprint density at radius 1 is 1.21 bits per heavy atom. The molecule has 5 rings (SSSR count). The summed E-state index contributed by atoms with van der Waals surface area (Å²) < 4.78 is 34.3. The number of allylic oxidation sites excluding steroid dienone is 1. The van der Waals surface area contributed by atoms with Gasteiger partial charge in [0.1, 0.15) is 5.76 Å². The van der Waals surface area contributed by atoms with Crippen LogP contribution in [0.1, 0.15) is 18.6 Å². The topological polar surface area (TPSA) is 59.8 Å². The van der Waals surface area contributed by atoms with Gasteiger partial charge < -0.3 is 9.32 Å². The van der Waals surface area contributed by atoms with E-state index in [1.165, 1.54) is 18.7 Å². The highest BCUT2D eigenvalue weighted by molar-refractivity contribution is 7.86. The summed E-state index contributed by atoms with van der Waals surface area (Å²) in [5.74, 6) is 1.36. The molecule has 3 aliphatic rings. The molecule has 0 amide bonds. The second-order valence-corrected chi connectivity index (χ2v) is 7.92. The van der Waals surface area contributed by atoms with Crippen LogP contribution in [0.15, 0.2) is 52.1 Å². The molecule has 2 aromatic rings. The van der Waals surface area contributed by atoms with Gasteiger partial charge in [-0.1, -0.05) is 12.1 Å². The van der Waals surface area contributed by atoms with Crippen LogP contribution in [0.25, 0.3) is 16.7 Å². The molecule has 0 unspecified atom stereocenters. The van der Waals surface area contributed by atoms with Gasteiger partial charge in [0.25, 0.3) is 10.1 Å². The molecule has 1 aromatic heterocycles. The molecule has 0 N–H and O–H groups in total. The minimum absolute atomic E-state index is 0.151. The van der Waals surface area contributed by atoms with Crippen molar-refractivity contribution >= 4 is 15.7 Å². The van der Waals surface area contributed by atoms with Gasteiger partial charge in [-0.2, -0.15) is 8.42 Å². The van der Waals surface area contributed by atoms with Gasteiger partial charge in [-0.15, -0.1) is 0 Å². The van der Waals surface area contributed by atoms with Crippen molar-refractivity contribution in [2.75, 3.05) is 20.2 Å². The first-order chi connectivity index (χ1) is 11.6. The van der Waals surface area contributed by atoms with E-state index in [-0.39, 0.29) is 4.90 Å². The minimum atomic E-state index is -3.71. The van der Waals surface area contributed by atoms with Crippen LogP contribution < -0.4 is 0 Å². The monoisotopic (exact) mass is 345 g/mol. The number of fused-ring (bicyclic) bond motifs is 2. The molecule has 2 bridgehead atoms. The second kappa shape index (κ2) is 5.79. The van der Waals surface area contributed by atoms with Crippen molar-refractivity contribution < 1.29 is 17.0 Å². The van der Waals surface area contributed by atoms with Crippen LogP contribution in [0.5, 0.6) is 0 Å². The summed E-state index contributed by atoms with van der Waals surface area (Å²) in [6.45, 7) is 2.21. The predicted molar refractivity (Wildman–Crippen MR) is 90.6 cm³/mol. The van der Waals surface area contributed by atoms with Gasteiger partial charge in [-0.3, -0.25) is 4.18 Å². The molecule has 6 heteroatoms. The number of rotatable bonds is 4. The van der Waals surface area contributed by atoms with E-state index >= 15 is 0 Å². The Hall–Kier alpha value is -2.05. The lowest BCUT2D eigenvalue weighted by atomic mass is 9.83. The van der Waals surface area contributed by atoms with Crippen molar-refractivity contribution in [3.05, 3.63) is 48.6 Å². The van der Waals surface area contributed by atoms with Crippen molar-refractivity contribution in [3.8, 4) is 11.1 Å². The minimum Gasteiger partial charge on any atom is -0.464 e. The van der Waals surface area contributed by atoms with Gasteiger partial charge in [-0.25, -0.2) is 0 Å². The second-order valence-electron chi connectivity index (χ2n) is 6.21. The number of furan rings is 1. The van der Waals surface area contributed by atoms with Gasteiger partial charge in [0.05, 0.1) is 18.3 Å². The summed E-state index contributed by atoms with van der Waals surface area (Å²) in [5.41, 5.74) is 2.95. The first-order valence-corrected chi connectivity index (χ1v) is 9.44. The van der Waals surface area contributed by atoms with Gasteiger partial charge in [0.2, 0.25) is 0 Å². The Labute approximate surface area is 141 Å². The number of nitrogens with zero attached hydrogens (tertiary/aromatic N) is 1. The molecule has 0 radical (unpaired) electrons. The van der Waals surface area contributed by atoms with Gasteiger partial charge >= 0.3 is 0 Å². The highest BCUT2D eigenvalue weighted by Gasteiger charge is 2.31. The van der Waals surface area contributed by atoms with Crippen LogP contribution in [0.2, 0.25) is 0 Å². The Bertz CT molecular complexity index is 889. The van der Waals surface area contributed by atoms with Crippen LogP contribution in [0.4, 0.5) is 0 Å². The summed E-state index contributed by atoms with van der Waals surface area (Å²) in [4.78, 5) is 2.48. The molecular formula is C18H19NO4S. The maximum absolute atomic E-state index is 11.9. The largest absolute Gasteiger partial charge is 0.464 e.